The first kappa shape index (κ1) is 34.7. The first-order chi connectivity index (χ1) is 21.6. The Labute approximate surface area is 258 Å². The number of furan rings is 1. The highest BCUT2D eigenvalue weighted by molar-refractivity contribution is 7.50. The predicted octanol–water partition coefficient (Wildman–Crippen LogP) is 2.46. The normalized spacial score (nSPS) is 21.1. The molecule has 0 aliphatic carbocycles. The molecule has 1 aliphatic rings. The molecule has 1 aliphatic heterocycles. The summed E-state index contributed by atoms with van der Waals surface area (Å²) in [6, 6.07) is 4.36. The summed E-state index contributed by atoms with van der Waals surface area (Å²) in [5, 5.41) is 24.0. The monoisotopic (exact) mass is 676 g/mol. The van der Waals surface area contributed by atoms with Crippen LogP contribution in [0.2, 0.25) is 0 Å². The maximum Gasteiger partial charge on any atom is 0.413 e. The average molecular weight is 677 g/mol. The van der Waals surface area contributed by atoms with Crippen molar-refractivity contribution in [3.8, 4) is 11.5 Å². The summed E-state index contributed by atoms with van der Waals surface area (Å²) in [5.74, 6) is -5.43. The second-order valence-electron chi connectivity index (χ2n) is 10.3. The number of halogens is 2. The van der Waals surface area contributed by atoms with Gasteiger partial charge in [-0.1, -0.05) is 13.8 Å². The van der Waals surface area contributed by atoms with Crippen LogP contribution in [-0.2, 0) is 30.0 Å². The number of nitrogens with one attached hydrogen (secondary N) is 2. The van der Waals surface area contributed by atoms with Crippen LogP contribution < -0.4 is 25.6 Å². The molecule has 3 aromatic rings. The molecule has 1 amide bonds. The number of aliphatic hydroxyl groups is 1. The molecule has 3 heterocycles. The molecule has 0 saturated carbocycles. The van der Waals surface area contributed by atoms with Gasteiger partial charge < -0.3 is 38.5 Å². The van der Waals surface area contributed by atoms with E-state index in [0.717, 1.165) is 12.3 Å². The number of aromatic nitrogens is 2. The summed E-state index contributed by atoms with van der Waals surface area (Å²) in [6.07, 6.45) is -7.18. The van der Waals surface area contributed by atoms with Crippen LogP contribution in [0.4, 0.5) is 19.4 Å². The second-order valence-corrected chi connectivity index (χ2v) is 11.9. The van der Waals surface area contributed by atoms with Gasteiger partial charge in [-0.25, -0.2) is 19.2 Å². The Kier molecular flexibility index (Phi) is 10.3. The van der Waals surface area contributed by atoms with E-state index < -0.39 is 68.4 Å². The van der Waals surface area contributed by atoms with Crippen LogP contribution in [0.25, 0.3) is 11.0 Å². The summed E-state index contributed by atoms with van der Waals surface area (Å²) in [5.41, 5.74) is -0.928. The van der Waals surface area contributed by atoms with E-state index in [1.807, 2.05) is 5.09 Å². The van der Waals surface area contributed by atoms with Crippen molar-refractivity contribution < 1.29 is 65.9 Å². The van der Waals surface area contributed by atoms with E-state index in [1.54, 1.807) is 18.2 Å². The van der Waals surface area contributed by atoms with Crippen molar-refractivity contribution in [1.29, 1.82) is 0 Å². The number of ether oxygens (including phenoxy) is 4. The minimum Gasteiger partial charge on any atom is -0.497 e. The van der Waals surface area contributed by atoms with Crippen molar-refractivity contribution in [3.63, 3.8) is 0 Å². The molecular formula is C26H31F2N4O13P. The molecule has 17 nitrogen and oxygen atoms in total. The molecule has 1 fully saturated rings. The second kappa shape index (κ2) is 13.7. The maximum absolute atomic E-state index is 14.9. The first-order valence-electron chi connectivity index (χ1n) is 13.4. The highest BCUT2D eigenvalue weighted by Crippen LogP contribution is 2.45. The lowest BCUT2D eigenvalue weighted by molar-refractivity contribution is -0.141. The zero-order valence-corrected chi connectivity index (χ0v) is 25.6. The standard InChI is InChI=1S/C26H31F2N4O13P/c1-12(2)19(22(34)35)31-46(38,39)43-11-17-21(33)26(27,28)23(45-17)32-6-5-18(29-24(32)36)30-25(37)42-10-15-8-13-7-14(40-3)9-16(41-4)20(13)44-15/h5-9,12,17,19,21,23,33H,10-11H2,1-4H3,(H,34,35)(H2,31,38,39)(H,29,30,36,37)/t17-,19?,21-,23-/m1/s1. The van der Waals surface area contributed by atoms with E-state index in [4.69, 9.17) is 27.9 Å². The number of alkyl halides is 2. The summed E-state index contributed by atoms with van der Waals surface area (Å²) in [7, 11) is -1.93. The summed E-state index contributed by atoms with van der Waals surface area (Å²) in [6.45, 7) is 1.50. The third kappa shape index (κ3) is 7.63. The Morgan fingerprint density at radius 2 is 1.93 bits per heavy atom. The molecule has 2 aromatic heterocycles. The Morgan fingerprint density at radius 3 is 2.54 bits per heavy atom. The Hall–Kier alpha value is -4.13. The van der Waals surface area contributed by atoms with Crippen molar-refractivity contribution in [2.24, 2.45) is 5.92 Å². The number of nitrogens with zero attached hydrogens (tertiary/aromatic N) is 2. The van der Waals surface area contributed by atoms with Gasteiger partial charge in [-0.15, -0.1) is 0 Å². The van der Waals surface area contributed by atoms with Crippen molar-refractivity contribution in [2.75, 3.05) is 26.1 Å². The quantitative estimate of drug-likeness (QED) is 0.164. The van der Waals surface area contributed by atoms with E-state index in [0.29, 0.717) is 27.0 Å². The fourth-order valence-electron chi connectivity index (χ4n) is 4.41. The predicted molar refractivity (Wildman–Crippen MR) is 152 cm³/mol. The number of methoxy groups -OCH3 is 2. The average Bonchev–Trinajstić information content (AvgIpc) is 3.50. The zero-order valence-electron chi connectivity index (χ0n) is 24.7. The van der Waals surface area contributed by atoms with Crippen molar-refractivity contribution in [2.45, 2.75) is 50.9 Å². The maximum atomic E-state index is 14.9. The van der Waals surface area contributed by atoms with Gasteiger partial charge in [-0.05, 0) is 24.1 Å². The van der Waals surface area contributed by atoms with Gasteiger partial charge in [0.05, 0.1) is 20.8 Å². The molecule has 5 N–H and O–H groups in total. The summed E-state index contributed by atoms with van der Waals surface area (Å²) in [4.78, 5) is 49.7. The van der Waals surface area contributed by atoms with E-state index in [9.17, 15) is 42.8 Å². The molecule has 2 unspecified atom stereocenters. The summed E-state index contributed by atoms with van der Waals surface area (Å²) < 4.78 is 73.6. The molecule has 1 aromatic carbocycles. The number of carbonyl (C=O) groups is 2. The smallest absolute Gasteiger partial charge is 0.413 e. The topological polar surface area (TPSA) is 230 Å². The Morgan fingerprint density at radius 1 is 1.22 bits per heavy atom. The molecule has 1 saturated heterocycles. The molecule has 4 rings (SSSR count). The number of hydrogen-bond donors (Lipinski definition) is 5. The van der Waals surface area contributed by atoms with Crippen LogP contribution in [0.1, 0.15) is 25.8 Å². The fourth-order valence-corrected chi connectivity index (χ4v) is 5.59. The van der Waals surface area contributed by atoms with Crippen LogP contribution in [-0.4, -0.2) is 81.7 Å². The van der Waals surface area contributed by atoms with Gasteiger partial charge in [0.15, 0.2) is 24.0 Å². The lowest BCUT2D eigenvalue weighted by Crippen LogP contribution is -2.42. The van der Waals surface area contributed by atoms with Crippen LogP contribution >= 0.6 is 7.75 Å². The number of carboxylic acid groups (broad SMARTS) is 1. The highest BCUT2D eigenvalue weighted by Gasteiger charge is 2.60. The molecule has 0 bridgehead atoms. The van der Waals surface area contributed by atoms with Gasteiger partial charge in [0, 0.05) is 17.6 Å². The fraction of sp³-hybridized carbons (Fsp3) is 0.462. The SMILES string of the molecule is COc1cc(OC)c2oc(COC(=O)Nc3ccn([C@@H]4O[C@H](COP(=O)(O)NC(C(=O)O)C(C)C)[C@@H](O)C4(F)F)c(=O)n3)cc2c1. The minimum absolute atomic E-state index is 0.243. The van der Waals surface area contributed by atoms with Gasteiger partial charge in [0.25, 0.3) is 0 Å². The lowest BCUT2D eigenvalue weighted by Gasteiger charge is -2.23. The van der Waals surface area contributed by atoms with Crippen LogP contribution in [0.5, 0.6) is 11.5 Å². The van der Waals surface area contributed by atoms with Crippen molar-refractivity contribution >= 4 is 36.6 Å². The van der Waals surface area contributed by atoms with E-state index >= 15 is 0 Å². The Balaban J connectivity index is 1.38. The third-order valence-electron chi connectivity index (χ3n) is 6.75. The molecule has 46 heavy (non-hydrogen) atoms. The van der Waals surface area contributed by atoms with Crippen molar-refractivity contribution in [3.05, 3.63) is 46.7 Å². The van der Waals surface area contributed by atoms with Gasteiger partial charge in [-0.2, -0.15) is 13.8 Å². The number of hydrogen-bond acceptors (Lipinski definition) is 12. The number of rotatable bonds is 13. The number of amides is 1. The number of fused-ring (bicyclic) bond motifs is 1. The molecule has 20 heteroatoms. The number of anilines is 1. The highest BCUT2D eigenvalue weighted by atomic mass is 31.2. The number of benzene rings is 1. The van der Waals surface area contributed by atoms with Gasteiger partial charge in [0.2, 0.25) is 6.23 Å². The largest absolute Gasteiger partial charge is 0.497 e. The van der Waals surface area contributed by atoms with E-state index in [1.165, 1.54) is 28.1 Å². The van der Waals surface area contributed by atoms with Crippen LogP contribution in [0.3, 0.4) is 0 Å². The lowest BCUT2D eigenvalue weighted by atomic mass is 10.1. The molecule has 5 atom stereocenters. The number of aliphatic carboxylic acids is 1. The molecular weight excluding hydrogens is 645 g/mol. The minimum atomic E-state index is -4.86. The van der Waals surface area contributed by atoms with Crippen LogP contribution in [0, 0.1) is 5.92 Å². The van der Waals surface area contributed by atoms with E-state index in [-0.39, 0.29) is 18.2 Å². The molecule has 0 spiro atoms. The van der Waals surface area contributed by atoms with E-state index in [2.05, 4.69) is 10.3 Å². The third-order valence-corrected chi connectivity index (χ3v) is 7.85. The first-order valence-corrected chi connectivity index (χ1v) is 15.0. The van der Waals surface area contributed by atoms with Crippen LogP contribution in [0.15, 0.2) is 39.7 Å². The van der Waals surface area contributed by atoms with Gasteiger partial charge in [0.1, 0.15) is 29.5 Å². The van der Waals surface area contributed by atoms with Crippen molar-refractivity contribution in [1.82, 2.24) is 14.6 Å². The van der Waals surface area contributed by atoms with Gasteiger partial charge in [-0.3, -0.25) is 19.2 Å². The number of carbonyl (C=O) groups excluding carboxylic acids is 1. The molecule has 0 radical (unpaired) electrons. The number of aliphatic hydroxyl groups excluding tert-OH is 1. The van der Waals surface area contributed by atoms with Gasteiger partial charge >= 0.3 is 31.4 Å². The molecule has 252 valence electrons. The zero-order chi connectivity index (χ0) is 34.0. The summed E-state index contributed by atoms with van der Waals surface area (Å²) >= 11 is 0. The Bertz CT molecular complexity index is 1700. The number of carboxylic acids is 1.